The average Bonchev–Trinajstić information content (AvgIpc) is 2.47. The van der Waals surface area contributed by atoms with Crippen molar-refractivity contribution in [2.75, 3.05) is 0 Å². The van der Waals surface area contributed by atoms with Gasteiger partial charge in [-0.2, -0.15) is 0 Å². The van der Waals surface area contributed by atoms with Crippen molar-refractivity contribution in [3.63, 3.8) is 0 Å². The third-order valence-corrected chi connectivity index (χ3v) is 3.71. The van der Waals surface area contributed by atoms with Crippen molar-refractivity contribution < 1.29 is 4.79 Å². The predicted octanol–water partition coefficient (Wildman–Crippen LogP) is 3.47. The van der Waals surface area contributed by atoms with E-state index >= 15 is 0 Å². The average molecular weight is 319 g/mol. The zero-order valence-electron chi connectivity index (χ0n) is 11.5. The Morgan fingerprint density at radius 3 is 2.52 bits per heavy atom. The highest BCUT2D eigenvalue weighted by atomic mass is 35.5. The second-order valence-electron chi connectivity index (χ2n) is 4.66. The van der Waals surface area contributed by atoms with E-state index in [2.05, 4.69) is 5.32 Å². The molecule has 21 heavy (non-hydrogen) atoms. The molecule has 0 fully saturated rings. The van der Waals surface area contributed by atoms with Gasteiger partial charge in [-0.1, -0.05) is 54.2 Å². The Balaban J connectivity index is 2.16. The Labute approximate surface area is 134 Å². The highest BCUT2D eigenvalue weighted by molar-refractivity contribution is 7.80. The number of carbonyl (C=O) groups excluding carboxylic acids is 1. The number of carbonyl (C=O) groups is 1. The molecule has 3 nitrogen and oxygen atoms in total. The Kier molecular flexibility index (Phi) is 4.94. The summed E-state index contributed by atoms with van der Waals surface area (Å²) in [5.74, 6) is -0.194. The number of hydrogen-bond acceptors (Lipinski definition) is 2. The molecule has 0 aliphatic carbocycles. The van der Waals surface area contributed by atoms with Gasteiger partial charge in [0.2, 0.25) is 0 Å². The molecule has 1 unspecified atom stereocenters. The molecule has 1 amide bonds. The molecule has 0 aliphatic heterocycles. The molecular weight excluding hydrogens is 304 g/mol. The monoisotopic (exact) mass is 318 g/mol. The Morgan fingerprint density at radius 2 is 1.86 bits per heavy atom. The molecule has 3 N–H and O–H groups in total. The van der Waals surface area contributed by atoms with Gasteiger partial charge in [-0.25, -0.2) is 0 Å². The zero-order valence-corrected chi connectivity index (χ0v) is 13.0. The summed E-state index contributed by atoms with van der Waals surface area (Å²) in [6, 6.07) is 14.2. The molecule has 0 saturated carbocycles. The van der Waals surface area contributed by atoms with Crippen LogP contribution in [0.4, 0.5) is 0 Å². The second kappa shape index (κ2) is 6.70. The summed E-state index contributed by atoms with van der Waals surface area (Å²) in [6.07, 6.45) is 0. The second-order valence-corrected chi connectivity index (χ2v) is 5.51. The van der Waals surface area contributed by atoms with Crippen molar-refractivity contribution in [1.82, 2.24) is 5.32 Å². The molecule has 2 aromatic carbocycles. The first-order valence-electron chi connectivity index (χ1n) is 6.44. The van der Waals surface area contributed by atoms with E-state index in [1.807, 2.05) is 25.1 Å². The first kappa shape index (κ1) is 15.5. The topological polar surface area (TPSA) is 55.1 Å². The minimum atomic E-state index is -0.195. The summed E-state index contributed by atoms with van der Waals surface area (Å²) in [5.41, 5.74) is 7.63. The molecule has 5 heteroatoms. The van der Waals surface area contributed by atoms with Gasteiger partial charge in [-0.05, 0) is 30.7 Å². The fourth-order valence-electron chi connectivity index (χ4n) is 2.00. The van der Waals surface area contributed by atoms with E-state index in [-0.39, 0.29) is 16.9 Å². The Hall–Kier alpha value is -1.91. The number of benzene rings is 2. The van der Waals surface area contributed by atoms with E-state index in [0.29, 0.717) is 16.1 Å². The van der Waals surface area contributed by atoms with Crippen LogP contribution >= 0.6 is 23.8 Å². The summed E-state index contributed by atoms with van der Waals surface area (Å²) in [4.78, 5) is 12.5. The summed E-state index contributed by atoms with van der Waals surface area (Å²) < 4.78 is 0. The molecule has 0 spiro atoms. The normalized spacial score (nSPS) is 11.7. The first-order chi connectivity index (χ1) is 9.99. The molecule has 0 bridgehead atoms. The predicted molar refractivity (Wildman–Crippen MR) is 89.7 cm³/mol. The van der Waals surface area contributed by atoms with Gasteiger partial charge in [-0.3, -0.25) is 4.79 Å². The molecule has 1 atom stereocenters. The number of hydrogen-bond donors (Lipinski definition) is 2. The van der Waals surface area contributed by atoms with Gasteiger partial charge < -0.3 is 11.1 Å². The van der Waals surface area contributed by atoms with Crippen LogP contribution in [0.3, 0.4) is 0 Å². The standard InChI is InChI=1S/C16H15ClN2OS/c1-10(13-7-2-3-8-14(13)17)19-16(20)12-6-4-5-11(9-12)15(18)21/h2-10H,1H3,(H2,18,21)(H,19,20). The lowest BCUT2D eigenvalue weighted by Gasteiger charge is -2.16. The summed E-state index contributed by atoms with van der Waals surface area (Å²) in [7, 11) is 0. The third-order valence-electron chi connectivity index (χ3n) is 3.13. The maximum atomic E-state index is 12.3. The van der Waals surface area contributed by atoms with Crippen LogP contribution in [-0.4, -0.2) is 10.9 Å². The minimum Gasteiger partial charge on any atom is -0.389 e. The quantitative estimate of drug-likeness (QED) is 0.849. The number of rotatable bonds is 4. The number of nitrogens with two attached hydrogens (primary N) is 1. The van der Waals surface area contributed by atoms with Crippen molar-refractivity contribution in [1.29, 1.82) is 0 Å². The number of nitrogens with one attached hydrogen (secondary N) is 1. The maximum absolute atomic E-state index is 12.3. The highest BCUT2D eigenvalue weighted by Crippen LogP contribution is 2.22. The number of amides is 1. The smallest absolute Gasteiger partial charge is 0.251 e. The fourth-order valence-corrected chi connectivity index (χ4v) is 2.42. The van der Waals surface area contributed by atoms with E-state index in [9.17, 15) is 4.79 Å². The van der Waals surface area contributed by atoms with Crippen LogP contribution in [0.1, 0.15) is 34.5 Å². The summed E-state index contributed by atoms with van der Waals surface area (Å²) in [5, 5.41) is 3.54. The van der Waals surface area contributed by atoms with Crippen molar-refractivity contribution in [3.05, 3.63) is 70.2 Å². The van der Waals surface area contributed by atoms with Gasteiger partial charge in [0.25, 0.3) is 5.91 Å². The lowest BCUT2D eigenvalue weighted by Crippen LogP contribution is -2.27. The van der Waals surface area contributed by atoms with E-state index in [1.54, 1.807) is 30.3 Å². The van der Waals surface area contributed by atoms with Crippen LogP contribution in [0.2, 0.25) is 5.02 Å². The van der Waals surface area contributed by atoms with E-state index in [4.69, 9.17) is 29.6 Å². The van der Waals surface area contributed by atoms with Crippen LogP contribution in [0.15, 0.2) is 48.5 Å². The summed E-state index contributed by atoms with van der Waals surface area (Å²) in [6.45, 7) is 1.89. The third kappa shape index (κ3) is 3.80. The maximum Gasteiger partial charge on any atom is 0.251 e. The lowest BCUT2D eigenvalue weighted by molar-refractivity contribution is 0.0940. The molecule has 2 aromatic rings. The van der Waals surface area contributed by atoms with Crippen LogP contribution in [0.25, 0.3) is 0 Å². The first-order valence-corrected chi connectivity index (χ1v) is 7.23. The fraction of sp³-hybridized carbons (Fsp3) is 0.125. The largest absolute Gasteiger partial charge is 0.389 e. The van der Waals surface area contributed by atoms with Gasteiger partial charge in [0.05, 0.1) is 6.04 Å². The van der Waals surface area contributed by atoms with Crippen molar-refractivity contribution in [2.24, 2.45) is 5.73 Å². The molecule has 2 rings (SSSR count). The van der Waals surface area contributed by atoms with E-state index < -0.39 is 0 Å². The van der Waals surface area contributed by atoms with Crippen LogP contribution in [-0.2, 0) is 0 Å². The van der Waals surface area contributed by atoms with Crippen molar-refractivity contribution >= 4 is 34.7 Å². The highest BCUT2D eigenvalue weighted by Gasteiger charge is 2.14. The van der Waals surface area contributed by atoms with Gasteiger partial charge in [0.15, 0.2) is 0 Å². The SMILES string of the molecule is CC(NC(=O)c1cccc(C(N)=S)c1)c1ccccc1Cl. The molecular formula is C16H15ClN2OS. The van der Waals surface area contributed by atoms with E-state index in [0.717, 1.165) is 5.56 Å². The van der Waals surface area contributed by atoms with Gasteiger partial charge >= 0.3 is 0 Å². The van der Waals surface area contributed by atoms with Gasteiger partial charge in [-0.15, -0.1) is 0 Å². The molecule has 0 aromatic heterocycles. The number of thiocarbonyl (C=S) groups is 1. The van der Waals surface area contributed by atoms with Gasteiger partial charge in [0, 0.05) is 16.1 Å². The van der Waals surface area contributed by atoms with Crippen LogP contribution in [0, 0.1) is 0 Å². The molecule has 108 valence electrons. The Bertz CT molecular complexity index is 687. The zero-order chi connectivity index (χ0) is 15.4. The minimum absolute atomic E-state index is 0.194. The van der Waals surface area contributed by atoms with Crippen molar-refractivity contribution in [2.45, 2.75) is 13.0 Å². The van der Waals surface area contributed by atoms with E-state index in [1.165, 1.54) is 0 Å². The Morgan fingerprint density at radius 1 is 1.19 bits per heavy atom. The molecule has 0 aliphatic rings. The number of halogens is 1. The molecule has 0 saturated heterocycles. The van der Waals surface area contributed by atoms with Crippen molar-refractivity contribution in [3.8, 4) is 0 Å². The molecule has 0 heterocycles. The summed E-state index contributed by atoms with van der Waals surface area (Å²) >= 11 is 11.0. The lowest BCUT2D eigenvalue weighted by atomic mass is 10.1. The van der Waals surface area contributed by atoms with Crippen LogP contribution in [0.5, 0.6) is 0 Å². The van der Waals surface area contributed by atoms with Crippen LogP contribution < -0.4 is 11.1 Å². The van der Waals surface area contributed by atoms with Gasteiger partial charge in [0.1, 0.15) is 4.99 Å². The molecule has 0 radical (unpaired) electrons.